The zero-order chi connectivity index (χ0) is 28.0. The van der Waals surface area contributed by atoms with Crippen LogP contribution < -0.4 is 14.8 Å². The third-order valence-electron chi connectivity index (χ3n) is 5.42. The molecular weight excluding hydrogens is 545 g/mol. The van der Waals surface area contributed by atoms with Crippen molar-refractivity contribution < 1.29 is 28.1 Å². The summed E-state index contributed by atoms with van der Waals surface area (Å²) in [5, 5.41) is 14.9. The number of alkyl carbamates (subject to hydrolysis) is 1. The number of methoxy groups -OCH3 is 1. The lowest BCUT2D eigenvalue weighted by Gasteiger charge is -2.19. The number of ether oxygens (including phenoxy) is 4. The van der Waals surface area contributed by atoms with Crippen LogP contribution in [0.4, 0.5) is 9.18 Å². The maximum atomic E-state index is 14.2. The molecule has 4 rings (SSSR count). The van der Waals surface area contributed by atoms with E-state index in [0.717, 1.165) is 10.1 Å². The van der Waals surface area contributed by atoms with Crippen molar-refractivity contribution in [1.82, 2.24) is 15.5 Å². The average Bonchev–Trinajstić information content (AvgIpc) is 3.37. The molecule has 0 saturated heterocycles. The van der Waals surface area contributed by atoms with Crippen molar-refractivity contribution in [3.05, 3.63) is 58.7 Å². The van der Waals surface area contributed by atoms with Crippen LogP contribution in [-0.2, 0) is 9.47 Å². The first-order chi connectivity index (χ1) is 18.7. The van der Waals surface area contributed by atoms with E-state index < -0.39 is 17.5 Å². The summed E-state index contributed by atoms with van der Waals surface area (Å²) in [6, 6.07) is 11.6. The van der Waals surface area contributed by atoms with E-state index in [0.29, 0.717) is 39.0 Å². The van der Waals surface area contributed by atoms with Crippen molar-refractivity contribution in [3.63, 3.8) is 0 Å². The van der Waals surface area contributed by atoms with Gasteiger partial charge in [0.05, 0.1) is 35.6 Å². The number of hydrogen-bond acceptors (Lipinski definition) is 8. The number of hydrogen-bond donors (Lipinski definition) is 1. The number of rotatable bonds is 10. The smallest absolute Gasteiger partial charge is 0.407 e. The molecule has 1 amide bonds. The van der Waals surface area contributed by atoms with Crippen molar-refractivity contribution in [1.29, 1.82) is 0 Å². The molecule has 4 aromatic rings. The molecule has 0 aliphatic carbocycles. The minimum absolute atomic E-state index is 0.165. The summed E-state index contributed by atoms with van der Waals surface area (Å²) < 4.78 is 37.1. The highest BCUT2D eigenvalue weighted by atomic mass is 35.5. The van der Waals surface area contributed by atoms with E-state index in [1.807, 2.05) is 17.5 Å². The molecule has 1 N–H and O–H groups in total. The molecule has 0 atom stereocenters. The highest BCUT2D eigenvalue weighted by Gasteiger charge is 2.21. The Bertz CT molecular complexity index is 1460. The van der Waals surface area contributed by atoms with Crippen LogP contribution in [0.15, 0.2) is 47.8 Å². The monoisotopic (exact) mass is 573 g/mol. The Morgan fingerprint density at radius 2 is 1.85 bits per heavy atom. The predicted octanol–water partition coefficient (Wildman–Crippen LogP) is 6.75. The highest BCUT2D eigenvalue weighted by molar-refractivity contribution is 7.17. The summed E-state index contributed by atoms with van der Waals surface area (Å²) in [5.41, 5.74) is 1.84. The van der Waals surface area contributed by atoms with Crippen LogP contribution in [0.3, 0.4) is 0 Å². The second-order valence-electron chi connectivity index (χ2n) is 9.41. The van der Waals surface area contributed by atoms with E-state index in [2.05, 4.69) is 15.5 Å². The van der Waals surface area contributed by atoms with E-state index >= 15 is 0 Å². The molecular formula is C28H29ClFN3O5S. The summed E-state index contributed by atoms with van der Waals surface area (Å²) >= 11 is 8.00. The van der Waals surface area contributed by atoms with E-state index in [1.165, 1.54) is 23.5 Å². The number of halogens is 2. The minimum atomic E-state index is -0.567. The number of thiophene rings is 1. The Kier molecular flexibility index (Phi) is 9.21. The standard InChI is InChI=1S/C28H29ClFN3O5S/c1-28(2,3)38-27(34)31-11-12-36-13-14-37-22-16-17(30)8-9-18(22)25-26-19(10-15-39-26)24(32-33-25)23-20(29)6-5-7-21(23)35-4/h5-10,15-16H,11-14H2,1-4H3,(H,31,34). The fraction of sp³-hybridized carbons (Fsp3) is 0.321. The topological polar surface area (TPSA) is 91.8 Å². The SMILES string of the molecule is COc1cccc(Cl)c1-c1nnc(-c2ccc(F)cc2OCCOCCNC(=O)OC(C)(C)C)c2sccc12. The van der Waals surface area contributed by atoms with Gasteiger partial charge in [-0.25, -0.2) is 9.18 Å². The van der Waals surface area contributed by atoms with Crippen LogP contribution in [0.25, 0.3) is 32.6 Å². The van der Waals surface area contributed by atoms with E-state index in [-0.39, 0.29) is 26.4 Å². The van der Waals surface area contributed by atoms with Gasteiger partial charge in [-0.1, -0.05) is 17.7 Å². The number of fused-ring (bicyclic) bond motifs is 1. The van der Waals surface area contributed by atoms with E-state index in [1.54, 1.807) is 46.1 Å². The zero-order valence-electron chi connectivity index (χ0n) is 22.0. The van der Waals surface area contributed by atoms with Gasteiger partial charge in [-0.05, 0) is 56.5 Å². The summed E-state index contributed by atoms with van der Waals surface area (Å²) in [6.07, 6.45) is -0.508. The van der Waals surface area contributed by atoms with Gasteiger partial charge in [0.2, 0.25) is 0 Å². The molecule has 39 heavy (non-hydrogen) atoms. The molecule has 0 spiro atoms. The second-order valence-corrected chi connectivity index (χ2v) is 10.7. The maximum Gasteiger partial charge on any atom is 0.407 e. The van der Waals surface area contributed by atoms with Crippen molar-refractivity contribution in [2.75, 3.05) is 33.5 Å². The number of carbonyl (C=O) groups is 1. The van der Waals surface area contributed by atoms with Crippen molar-refractivity contribution in [2.45, 2.75) is 26.4 Å². The third-order valence-corrected chi connectivity index (χ3v) is 6.65. The Hall–Kier alpha value is -3.47. The van der Waals surface area contributed by atoms with Gasteiger partial charge in [-0.3, -0.25) is 0 Å². The fourth-order valence-electron chi connectivity index (χ4n) is 3.81. The van der Waals surface area contributed by atoms with Crippen LogP contribution in [0.5, 0.6) is 11.5 Å². The summed E-state index contributed by atoms with van der Waals surface area (Å²) in [5.74, 6) is 0.464. The van der Waals surface area contributed by atoms with Gasteiger partial charge < -0.3 is 24.3 Å². The molecule has 2 aromatic carbocycles. The average molecular weight is 574 g/mol. The number of nitrogens with one attached hydrogen (secondary N) is 1. The molecule has 206 valence electrons. The number of nitrogens with zero attached hydrogens (tertiary/aromatic N) is 2. The van der Waals surface area contributed by atoms with Crippen LogP contribution in [0, 0.1) is 5.82 Å². The van der Waals surface area contributed by atoms with Gasteiger partial charge in [0.25, 0.3) is 0 Å². The molecule has 2 aromatic heterocycles. The van der Waals surface area contributed by atoms with Crippen LogP contribution in [0.1, 0.15) is 20.8 Å². The fourth-order valence-corrected chi connectivity index (χ4v) is 4.96. The Labute approximate surface area is 235 Å². The molecule has 0 unspecified atom stereocenters. The molecule has 0 saturated carbocycles. The second kappa shape index (κ2) is 12.6. The summed E-state index contributed by atoms with van der Waals surface area (Å²) in [4.78, 5) is 11.7. The Morgan fingerprint density at radius 3 is 2.62 bits per heavy atom. The molecule has 0 bridgehead atoms. The van der Waals surface area contributed by atoms with E-state index in [4.69, 9.17) is 30.5 Å². The molecule has 0 radical (unpaired) electrons. The molecule has 0 fully saturated rings. The molecule has 8 nitrogen and oxygen atoms in total. The van der Waals surface area contributed by atoms with Gasteiger partial charge in [-0.2, -0.15) is 0 Å². The van der Waals surface area contributed by atoms with Gasteiger partial charge in [0.15, 0.2) is 0 Å². The first-order valence-corrected chi connectivity index (χ1v) is 13.5. The lowest BCUT2D eigenvalue weighted by Crippen LogP contribution is -2.34. The first-order valence-electron chi connectivity index (χ1n) is 12.2. The van der Waals surface area contributed by atoms with Crippen molar-refractivity contribution >= 4 is 39.1 Å². The molecule has 11 heteroatoms. The van der Waals surface area contributed by atoms with Crippen molar-refractivity contribution in [3.8, 4) is 34.0 Å². The first kappa shape index (κ1) is 28.5. The lowest BCUT2D eigenvalue weighted by molar-refractivity contribution is 0.0489. The number of benzene rings is 2. The maximum absolute atomic E-state index is 14.2. The van der Waals surface area contributed by atoms with Gasteiger partial charge in [-0.15, -0.1) is 21.5 Å². The molecule has 0 aliphatic rings. The summed E-state index contributed by atoms with van der Waals surface area (Å²) in [7, 11) is 1.57. The largest absolute Gasteiger partial charge is 0.496 e. The predicted molar refractivity (Wildman–Crippen MR) is 150 cm³/mol. The number of amides is 1. The van der Waals surface area contributed by atoms with Crippen LogP contribution >= 0.6 is 22.9 Å². The lowest BCUT2D eigenvalue weighted by atomic mass is 10.0. The zero-order valence-corrected chi connectivity index (χ0v) is 23.6. The van der Waals surface area contributed by atoms with Crippen LogP contribution in [-0.4, -0.2) is 55.4 Å². The quantitative estimate of drug-likeness (QED) is 0.210. The molecule has 2 heterocycles. The Morgan fingerprint density at radius 1 is 1.05 bits per heavy atom. The summed E-state index contributed by atoms with van der Waals surface area (Å²) in [6.45, 7) is 6.33. The Balaban J connectivity index is 1.47. The van der Waals surface area contributed by atoms with Gasteiger partial charge >= 0.3 is 6.09 Å². The van der Waals surface area contributed by atoms with Crippen LogP contribution in [0.2, 0.25) is 5.02 Å². The normalized spacial score (nSPS) is 11.4. The minimum Gasteiger partial charge on any atom is -0.496 e. The molecule has 0 aliphatic heterocycles. The third kappa shape index (κ3) is 7.14. The van der Waals surface area contributed by atoms with Gasteiger partial charge in [0, 0.05) is 23.6 Å². The highest BCUT2D eigenvalue weighted by Crippen LogP contribution is 2.43. The van der Waals surface area contributed by atoms with E-state index in [9.17, 15) is 9.18 Å². The number of carbonyl (C=O) groups excluding carboxylic acids is 1. The van der Waals surface area contributed by atoms with Crippen molar-refractivity contribution in [2.24, 2.45) is 0 Å². The van der Waals surface area contributed by atoms with Gasteiger partial charge in [0.1, 0.15) is 40.9 Å². The number of aromatic nitrogens is 2.